The number of thiophene rings is 1. The van der Waals surface area contributed by atoms with Gasteiger partial charge < -0.3 is 14.5 Å². The van der Waals surface area contributed by atoms with E-state index in [1.165, 1.54) is 10.4 Å². The molecule has 5 nitrogen and oxygen atoms in total. The van der Waals surface area contributed by atoms with Crippen LogP contribution in [-0.4, -0.2) is 48.4 Å². The van der Waals surface area contributed by atoms with Crippen molar-refractivity contribution in [2.24, 2.45) is 11.3 Å². The monoisotopic (exact) mass is 472 g/mol. The molecular weight excluding hydrogens is 432 g/mol. The summed E-state index contributed by atoms with van der Waals surface area (Å²) in [7, 11) is 1.62. The average Bonchev–Trinajstić information content (AvgIpc) is 3.14. The predicted octanol–water partition coefficient (Wildman–Crippen LogP) is 5.52. The first-order chi connectivity index (χ1) is 15.6. The van der Waals surface area contributed by atoms with Crippen molar-refractivity contribution in [2.45, 2.75) is 60.5 Å². The number of carbonyl (C=O) groups excluding carboxylic acids is 2. The van der Waals surface area contributed by atoms with Crippen molar-refractivity contribution >= 4 is 23.2 Å². The van der Waals surface area contributed by atoms with Gasteiger partial charge >= 0.3 is 0 Å². The van der Waals surface area contributed by atoms with Crippen LogP contribution in [0.25, 0.3) is 0 Å². The Balaban J connectivity index is 2.14. The van der Waals surface area contributed by atoms with Crippen LogP contribution in [0.4, 0.5) is 0 Å². The number of aryl methyl sites for hydroxylation is 1. The third-order valence-electron chi connectivity index (χ3n) is 5.60. The maximum atomic E-state index is 13.5. The largest absolute Gasteiger partial charge is 0.383 e. The van der Waals surface area contributed by atoms with Crippen LogP contribution in [0.5, 0.6) is 0 Å². The average molecular weight is 473 g/mol. The molecule has 33 heavy (non-hydrogen) atoms. The van der Waals surface area contributed by atoms with E-state index in [0.29, 0.717) is 32.7 Å². The third-order valence-corrected chi connectivity index (χ3v) is 6.61. The van der Waals surface area contributed by atoms with Gasteiger partial charge in [0.15, 0.2) is 0 Å². The Morgan fingerprint density at radius 3 is 2.30 bits per heavy atom. The Morgan fingerprint density at radius 2 is 1.73 bits per heavy atom. The second kappa shape index (κ2) is 12.9. The number of amides is 2. The summed E-state index contributed by atoms with van der Waals surface area (Å²) >= 11 is 1.66. The van der Waals surface area contributed by atoms with Crippen molar-refractivity contribution in [3.05, 3.63) is 57.8 Å². The summed E-state index contributed by atoms with van der Waals surface area (Å²) in [4.78, 5) is 31.3. The molecule has 0 radical (unpaired) electrons. The second-order valence-electron chi connectivity index (χ2n) is 10.1. The van der Waals surface area contributed by atoms with E-state index < -0.39 is 0 Å². The zero-order chi connectivity index (χ0) is 24.4. The lowest BCUT2D eigenvalue weighted by Gasteiger charge is -2.29. The van der Waals surface area contributed by atoms with Crippen LogP contribution in [0.15, 0.2) is 41.8 Å². The molecule has 1 atom stereocenters. The molecule has 0 spiro atoms. The molecule has 1 heterocycles. The molecule has 2 rings (SSSR count). The molecule has 1 unspecified atom stereocenters. The highest BCUT2D eigenvalue weighted by atomic mass is 32.1. The molecule has 0 fully saturated rings. The van der Waals surface area contributed by atoms with Crippen LogP contribution in [0.2, 0.25) is 0 Å². The van der Waals surface area contributed by atoms with Gasteiger partial charge in [0.2, 0.25) is 11.8 Å². The van der Waals surface area contributed by atoms with Crippen molar-refractivity contribution < 1.29 is 14.3 Å². The van der Waals surface area contributed by atoms with Crippen LogP contribution in [0, 0.1) is 18.3 Å². The minimum Gasteiger partial charge on any atom is -0.383 e. The lowest BCUT2D eigenvalue weighted by atomic mass is 9.84. The summed E-state index contributed by atoms with van der Waals surface area (Å²) in [6, 6.07) is 12.1. The molecule has 0 aliphatic rings. The molecule has 0 saturated carbocycles. The van der Waals surface area contributed by atoms with Crippen molar-refractivity contribution in [3.63, 3.8) is 0 Å². The number of nitrogens with zero attached hydrogens (tertiary/aromatic N) is 2. The number of carbonyl (C=O) groups is 2. The van der Waals surface area contributed by atoms with Gasteiger partial charge in [0.25, 0.3) is 0 Å². The van der Waals surface area contributed by atoms with Gasteiger partial charge in [0.1, 0.15) is 0 Å². The highest BCUT2D eigenvalue weighted by Gasteiger charge is 2.25. The minimum absolute atomic E-state index is 0.0177. The molecule has 182 valence electrons. The summed E-state index contributed by atoms with van der Waals surface area (Å²) < 4.78 is 5.23. The van der Waals surface area contributed by atoms with Gasteiger partial charge in [0.05, 0.1) is 19.7 Å². The highest BCUT2D eigenvalue weighted by Crippen LogP contribution is 2.26. The summed E-state index contributed by atoms with van der Waals surface area (Å²) in [5, 5.41) is 2.06. The molecule has 0 aliphatic heterocycles. The maximum absolute atomic E-state index is 13.5. The number of methoxy groups -OCH3 is 1. The Labute approximate surface area is 203 Å². The number of hydrogen-bond acceptors (Lipinski definition) is 4. The van der Waals surface area contributed by atoms with Crippen LogP contribution in [0.3, 0.4) is 0 Å². The zero-order valence-electron chi connectivity index (χ0n) is 21.1. The fourth-order valence-corrected chi connectivity index (χ4v) is 5.00. The Hall–Kier alpha value is -2.18. The Morgan fingerprint density at radius 1 is 1.03 bits per heavy atom. The third kappa shape index (κ3) is 9.68. The van der Waals surface area contributed by atoms with Gasteiger partial charge in [-0.15, -0.1) is 11.3 Å². The smallest absolute Gasteiger partial charge is 0.242 e. The summed E-state index contributed by atoms with van der Waals surface area (Å²) in [6.07, 6.45) is 1.40. The van der Waals surface area contributed by atoms with E-state index in [-0.39, 0.29) is 29.7 Å². The van der Waals surface area contributed by atoms with Crippen molar-refractivity contribution in [3.8, 4) is 0 Å². The van der Waals surface area contributed by atoms with Crippen molar-refractivity contribution in [2.75, 3.05) is 26.8 Å². The zero-order valence-corrected chi connectivity index (χ0v) is 21.9. The molecule has 0 saturated heterocycles. The van der Waals surface area contributed by atoms with Crippen molar-refractivity contribution in [1.82, 2.24) is 9.80 Å². The molecule has 0 bridgehead atoms. The standard InChI is InChI=1S/C27H40N2O3S/c1-21(17-27(3,4)5)16-25(30)28(13-14-32-6)20-26(31)29(18-23-10-8-7-9-11-23)19-24-22(2)12-15-33-24/h7-12,15,21H,13-14,16-20H2,1-6H3. The summed E-state index contributed by atoms with van der Waals surface area (Å²) in [5.74, 6) is 0.232. The van der Waals surface area contributed by atoms with Crippen LogP contribution >= 0.6 is 11.3 Å². The molecule has 6 heteroatoms. The number of ether oxygens (including phenoxy) is 1. The van der Waals surface area contributed by atoms with E-state index in [9.17, 15) is 9.59 Å². The molecule has 0 N–H and O–H groups in total. The predicted molar refractivity (Wildman–Crippen MR) is 136 cm³/mol. The lowest BCUT2D eigenvalue weighted by Crippen LogP contribution is -2.44. The molecule has 2 amide bonds. The first kappa shape index (κ1) is 27.1. The minimum atomic E-state index is -0.0421. The molecule has 2 aromatic rings. The molecule has 1 aromatic heterocycles. The topological polar surface area (TPSA) is 49.9 Å². The van der Waals surface area contributed by atoms with Gasteiger partial charge in [-0.25, -0.2) is 0 Å². The van der Waals surface area contributed by atoms with Gasteiger partial charge in [0, 0.05) is 31.5 Å². The van der Waals surface area contributed by atoms with E-state index in [1.807, 2.05) is 35.2 Å². The normalized spacial score (nSPS) is 12.4. The van der Waals surface area contributed by atoms with Crippen molar-refractivity contribution in [1.29, 1.82) is 0 Å². The Kier molecular flexibility index (Phi) is 10.6. The molecular formula is C27H40N2O3S. The van der Waals surface area contributed by atoms with Crippen LogP contribution in [0.1, 0.15) is 56.5 Å². The molecule has 0 aliphatic carbocycles. The fourth-order valence-electron chi connectivity index (χ4n) is 4.08. The number of benzene rings is 1. The lowest BCUT2D eigenvalue weighted by molar-refractivity contribution is -0.142. The van der Waals surface area contributed by atoms with E-state index in [4.69, 9.17) is 4.74 Å². The van der Waals surface area contributed by atoms with Gasteiger partial charge in [-0.3, -0.25) is 9.59 Å². The van der Waals surface area contributed by atoms with E-state index in [0.717, 1.165) is 12.0 Å². The number of rotatable bonds is 12. The van der Waals surface area contributed by atoms with Crippen LogP contribution < -0.4 is 0 Å². The van der Waals surface area contributed by atoms with Gasteiger partial charge in [-0.2, -0.15) is 0 Å². The van der Waals surface area contributed by atoms with Gasteiger partial charge in [-0.05, 0) is 47.3 Å². The van der Waals surface area contributed by atoms with E-state index in [2.05, 4.69) is 46.1 Å². The van der Waals surface area contributed by atoms with E-state index in [1.54, 1.807) is 23.3 Å². The van der Waals surface area contributed by atoms with Gasteiger partial charge in [-0.1, -0.05) is 58.0 Å². The van der Waals surface area contributed by atoms with Crippen LogP contribution in [-0.2, 0) is 27.4 Å². The molecule has 1 aromatic carbocycles. The fraction of sp³-hybridized carbons (Fsp3) is 0.556. The highest BCUT2D eigenvalue weighted by molar-refractivity contribution is 7.10. The summed E-state index contributed by atoms with van der Waals surface area (Å²) in [5.41, 5.74) is 2.43. The number of hydrogen-bond donors (Lipinski definition) is 0. The van der Waals surface area contributed by atoms with E-state index >= 15 is 0 Å². The first-order valence-corrected chi connectivity index (χ1v) is 12.6. The SMILES string of the molecule is COCCN(CC(=O)N(Cc1ccccc1)Cc1sccc1C)C(=O)CC(C)CC(C)(C)C. The Bertz CT molecular complexity index is 873. The maximum Gasteiger partial charge on any atom is 0.242 e. The summed E-state index contributed by atoms with van der Waals surface area (Å²) in [6.45, 7) is 12.7. The first-order valence-electron chi connectivity index (χ1n) is 11.7. The second-order valence-corrected chi connectivity index (χ2v) is 11.1. The quantitative estimate of drug-likeness (QED) is 0.408.